The third kappa shape index (κ3) is 3.42. The molecule has 4 nitrogen and oxygen atoms in total. The van der Waals surface area contributed by atoms with E-state index in [1.165, 1.54) is 0 Å². The van der Waals surface area contributed by atoms with Crippen LogP contribution in [0.4, 0.5) is 0 Å². The predicted molar refractivity (Wildman–Crippen MR) is 50.0 cm³/mol. The van der Waals surface area contributed by atoms with Crippen molar-refractivity contribution in [1.29, 1.82) is 0 Å². The highest BCUT2D eigenvalue weighted by molar-refractivity contribution is 5.27. The maximum atomic E-state index is 9.12. The van der Waals surface area contributed by atoms with E-state index in [2.05, 4.69) is 0 Å². The van der Waals surface area contributed by atoms with E-state index >= 15 is 0 Å². The quantitative estimate of drug-likeness (QED) is 0.565. The third-order valence-electron chi connectivity index (χ3n) is 1.65. The van der Waals surface area contributed by atoms with Crippen molar-refractivity contribution in [3.05, 3.63) is 29.8 Å². The summed E-state index contributed by atoms with van der Waals surface area (Å²) in [5.41, 5.74) is 11.3. The maximum absolute atomic E-state index is 9.12. The van der Waals surface area contributed by atoms with E-state index in [4.69, 9.17) is 21.3 Å². The van der Waals surface area contributed by atoms with Gasteiger partial charge in [-0.15, -0.1) is 0 Å². The van der Waals surface area contributed by atoms with E-state index in [1.54, 1.807) is 19.2 Å². The molecule has 0 atom stereocenters. The second kappa shape index (κ2) is 3.74. The minimum Gasteiger partial charge on any atom is -0.497 e. The highest BCUT2D eigenvalue weighted by Gasteiger charge is 2.13. The Morgan fingerprint density at radius 2 is 1.85 bits per heavy atom. The molecule has 0 bridgehead atoms. The van der Waals surface area contributed by atoms with Crippen LogP contribution in [0.1, 0.15) is 5.56 Å². The first-order valence-corrected chi connectivity index (χ1v) is 3.94. The number of rotatable bonds is 3. The Morgan fingerprint density at radius 3 is 2.23 bits per heavy atom. The fourth-order valence-corrected chi connectivity index (χ4v) is 1.07. The molecule has 1 aromatic carbocycles. The summed E-state index contributed by atoms with van der Waals surface area (Å²) in [5, 5.41) is 9.12. The molecule has 1 rings (SSSR count). The molecule has 0 fully saturated rings. The molecule has 0 radical (unpaired) electrons. The van der Waals surface area contributed by atoms with Crippen molar-refractivity contribution in [2.45, 2.75) is 12.3 Å². The van der Waals surface area contributed by atoms with Crippen LogP contribution in [0.5, 0.6) is 5.75 Å². The number of hydrogen-bond acceptors (Lipinski definition) is 4. The zero-order valence-corrected chi connectivity index (χ0v) is 7.53. The van der Waals surface area contributed by atoms with Crippen molar-refractivity contribution in [3.63, 3.8) is 0 Å². The first kappa shape index (κ1) is 9.98. The zero-order valence-electron chi connectivity index (χ0n) is 7.53. The Hall–Kier alpha value is -1.10. The van der Waals surface area contributed by atoms with Gasteiger partial charge in [-0.2, -0.15) is 0 Å². The molecule has 0 heterocycles. The Labute approximate surface area is 77.1 Å². The van der Waals surface area contributed by atoms with E-state index in [-0.39, 0.29) is 6.42 Å². The van der Waals surface area contributed by atoms with Gasteiger partial charge in [-0.3, -0.25) is 11.5 Å². The predicted octanol–water partition coefficient (Wildman–Crippen LogP) is -0.199. The minimum atomic E-state index is -1.64. The van der Waals surface area contributed by atoms with Gasteiger partial charge in [-0.05, 0) is 17.7 Å². The fraction of sp³-hybridized carbons (Fsp3) is 0.333. The van der Waals surface area contributed by atoms with Crippen LogP contribution < -0.4 is 16.2 Å². The monoisotopic (exact) mass is 182 g/mol. The zero-order chi connectivity index (χ0) is 9.90. The van der Waals surface area contributed by atoms with Gasteiger partial charge in [0.1, 0.15) is 5.75 Å². The van der Waals surface area contributed by atoms with Crippen LogP contribution in [0, 0.1) is 0 Å². The summed E-state index contributed by atoms with van der Waals surface area (Å²) >= 11 is 0. The van der Waals surface area contributed by atoms with E-state index in [1.807, 2.05) is 12.1 Å². The Bertz CT molecular complexity index is 264. The maximum Gasteiger partial charge on any atom is 0.170 e. The Balaban J connectivity index is 2.70. The fourth-order valence-electron chi connectivity index (χ4n) is 1.07. The number of nitrogens with two attached hydrogens (primary N) is 2. The van der Waals surface area contributed by atoms with Gasteiger partial charge in [0.15, 0.2) is 5.85 Å². The molecule has 0 aliphatic carbocycles. The van der Waals surface area contributed by atoms with Crippen molar-refractivity contribution in [2.24, 2.45) is 11.5 Å². The molecular formula is C9H14N2O2. The number of benzene rings is 1. The molecule has 4 heteroatoms. The molecule has 1 aromatic rings. The highest BCUT2D eigenvalue weighted by atomic mass is 16.5. The largest absolute Gasteiger partial charge is 0.497 e. The van der Waals surface area contributed by atoms with Gasteiger partial charge >= 0.3 is 0 Å². The van der Waals surface area contributed by atoms with Crippen molar-refractivity contribution < 1.29 is 9.84 Å². The third-order valence-corrected chi connectivity index (χ3v) is 1.65. The lowest BCUT2D eigenvalue weighted by atomic mass is 10.1. The van der Waals surface area contributed by atoms with Crippen LogP contribution in [0.3, 0.4) is 0 Å². The average molecular weight is 182 g/mol. The van der Waals surface area contributed by atoms with Crippen molar-refractivity contribution >= 4 is 0 Å². The van der Waals surface area contributed by atoms with E-state index in [9.17, 15) is 0 Å². The summed E-state index contributed by atoms with van der Waals surface area (Å²) in [6, 6.07) is 7.20. The molecule has 0 unspecified atom stereocenters. The topological polar surface area (TPSA) is 81.5 Å². The van der Waals surface area contributed by atoms with Gasteiger partial charge in [0, 0.05) is 6.42 Å². The normalized spacial score (nSPS) is 11.4. The summed E-state index contributed by atoms with van der Waals surface area (Å²) in [6.07, 6.45) is 0.219. The van der Waals surface area contributed by atoms with E-state index < -0.39 is 5.85 Å². The molecule has 0 amide bonds. The summed E-state index contributed by atoms with van der Waals surface area (Å²) in [7, 11) is 1.59. The van der Waals surface area contributed by atoms with Crippen molar-refractivity contribution in [2.75, 3.05) is 7.11 Å². The lowest BCUT2D eigenvalue weighted by Gasteiger charge is -2.16. The molecule has 0 saturated heterocycles. The first-order chi connectivity index (χ1) is 6.01. The minimum absolute atomic E-state index is 0.219. The summed E-state index contributed by atoms with van der Waals surface area (Å²) in [6.45, 7) is 0. The van der Waals surface area contributed by atoms with Crippen LogP contribution in [0.15, 0.2) is 24.3 Å². The van der Waals surface area contributed by atoms with Gasteiger partial charge in [0.05, 0.1) is 7.11 Å². The van der Waals surface area contributed by atoms with E-state index in [0.717, 1.165) is 11.3 Å². The van der Waals surface area contributed by atoms with Crippen molar-refractivity contribution in [3.8, 4) is 5.75 Å². The number of hydrogen-bond donors (Lipinski definition) is 3. The summed E-state index contributed by atoms with van der Waals surface area (Å²) < 4.78 is 4.97. The van der Waals surface area contributed by atoms with Crippen LogP contribution in [0.25, 0.3) is 0 Å². The number of methoxy groups -OCH3 is 1. The lowest BCUT2D eigenvalue weighted by Crippen LogP contribution is -2.51. The molecule has 0 aliphatic heterocycles. The van der Waals surface area contributed by atoms with Crippen LogP contribution in [-0.4, -0.2) is 18.1 Å². The van der Waals surface area contributed by atoms with Gasteiger partial charge < -0.3 is 9.84 Å². The second-order valence-corrected chi connectivity index (χ2v) is 3.02. The number of ether oxygens (including phenoxy) is 1. The van der Waals surface area contributed by atoms with Gasteiger partial charge in [-0.25, -0.2) is 0 Å². The number of aliphatic hydroxyl groups is 1. The molecule has 0 saturated carbocycles. The van der Waals surface area contributed by atoms with Crippen molar-refractivity contribution in [1.82, 2.24) is 0 Å². The molecule has 0 aliphatic rings. The SMILES string of the molecule is COc1ccc(CC(N)(N)O)cc1. The van der Waals surface area contributed by atoms with Gasteiger partial charge in [-0.1, -0.05) is 12.1 Å². The molecule has 0 aromatic heterocycles. The average Bonchev–Trinajstić information content (AvgIpc) is 2.03. The molecule has 72 valence electrons. The van der Waals surface area contributed by atoms with E-state index in [0.29, 0.717) is 0 Å². The highest BCUT2D eigenvalue weighted by Crippen LogP contribution is 2.12. The standard InChI is InChI=1S/C9H14N2O2/c1-13-8-4-2-7(3-5-8)6-9(10,11)12/h2-5,12H,6,10-11H2,1H3. The second-order valence-electron chi connectivity index (χ2n) is 3.02. The summed E-state index contributed by atoms with van der Waals surface area (Å²) in [4.78, 5) is 0. The first-order valence-electron chi connectivity index (χ1n) is 3.94. The molecule has 0 spiro atoms. The van der Waals surface area contributed by atoms with Crippen LogP contribution >= 0.6 is 0 Å². The Kier molecular flexibility index (Phi) is 2.87. The summed E-state index contributed by atoms with van der Waals surface area (Å²) in [5.74, 6) is -0.879. The Morgan fingerprint density at radius 1 is 1.31 bits per heavy atom. The molecule has 13 heavy (non-hydrogen) atoms. The van der Waals surface area contributed by atoms with Gasteiger partial charge in [0.2, 0.25) is 0 Å². The molecule has 5 N–H and O–H groups in total. The smallest absolute Gasteiger partial charge is 0.170 e. The molecular weight excluding hydrogens is 168 g/mol. The van der Waals surface area contributed by atoms with Crippen LogP contribution in [-0.2, 0) is 6.42 Å². The van der Waals surface area contributed by atoms with Gasteiger partial charge in [0.25, 0.3) is 0 Å². The van der Waals surface area contributed by atoms with Crippen LogP contribution in [0.2, 0.25) is 0 Å². The lowest BCUT2D eigenvalue weighted by molar-refractivity contribution is 0.0544.